The van der Waals surface area contributed by atoms with Crippen LogP contribution in [-0.2, 0) is 0 Å². The van der Waals surface area contributed by atoms with Crippen molar-refractivity contribution in [3.63, 3.8) is 0 Å². The summed E-state index contributed by atoms with van der Waals surface area (Å²) in [6.07, 6.45) is 1.85. The van der Waals surface area contributed by atoms with Crippen molar-refractivity contribution >= 4 is 17.2 Å². The fraction of sp³-hybridized carbons (Fsp3) is 0.188. The van der Waals surface area contributed by atoms with E-state index in [0.29, 0.717) is 11.4 Å². The predicted octanol–water partition coefficient (Wildman–Crippen LogP) is 4.10. The van der Waals surface area contributed by atoms with Crippen LogP contribution in [0.15, 0.2) is 48.7 Å². The first-order chi connectivity index (χ1) is 9.70. The van der Waals surface area contributed by atoms with E-state index in [1.165, 1.54) is 0 Å². The molecule has 0 saturated carbocycles. The lowest BCUT2D eigenvalue weighted by molar-refractivity contribution is 0.168. The van der Waals surface area contributed by atoms with Crippen LogP contribution in [0.4, 0.5) is 0 Å². The molecule has 0 amide bonds. The van der Waals surface area contributed by atoms with Gasteiger partial charge >= 0.3 is 0 Å². The molecule has 0 aliphatic heterocycles. The molecule has 0 aliphatic carbocycles. The number of halogens is 1. The Morgan fingerprint density at radius 2 is 1.95 bits per heavy atom. The number of benzene rings is 1. The van der Waals surface area contributed by atoms with Crippen molar-refractivity contribution in [2.24, 2.45) is 0 Å². The van der Waals surface area contributed by atoms with Crippen molar-refractivity contribution in [2.45, 2.75) is 19.4 Å². The summed E-state index contributed by atoms with van der Waals surface area (Å²) in [5, 5.41) is 11.0. The van der Waals surface area contributed by atoms with Gasteiger partial charge in [0.2, 0.25) is 0 Å². The summed E-state index contributed by atoms with van der Waals surface area (Å²) in [6, 6.07) is 13.6. The van der Waals surface area contributed by atoms with Crippen molar-refractivity contribution in [1.29, 1.82) is 0 Å². The third-order valence-corrected chi connectivity index (χ3v) is 3.59. The average molecular weight is 287 g/mol. The van der Waals surface area contributed by atoms with Crippen LogP contribution in [0, 0.1) is 0 Å². The molecule has 1 aromatic carbocycles. The summed E-state index contributed by atoms with van der Waals surface area (Å²) < 4.78 is 1.87. The maximum absolute atomic E-state index is 10.3. The van der Waals surface area contributed by atoms with E-state index in [4.69, 9.17) is 11.6 Å². The summed E-state index contributed by atoms with van der Waals surface area (Å²) in [6.45, 7) is 1.95. The average Bonchev–Trinajstić information content (AvgIpc) is 2.86. The molecule has 1 N–H and O–H groups in total. The van der Waals surface area contributed by atoms with Crippen LogP contribution in [0.1, 0.15) is 25.1 Å². The normalized spacial score (nSPS) is 12.8. The van der Waals surface area contributed by atoms with E-state index in [1.807, 2.05) is 47.7 Å². The minimum Gasteiger partial charge on any atom is -0.387 e. The second-order valence-corrected chi connectivity index (χ2v) is 5.15. The van der Waals surface area contributed by atoms with E-state index in [0.717, 1.165) is 22.6 Å². The van der Waals surface area contributed by atoms with Crippen LogP contribution in [0.3, 0.4) is 0 Å². The zero-order valence-corrected chi connectivity index (χ0v) is 11.9. The number of aromatic nitrogens is 2. The highest BCUT2D eigenvalue weighted by atomic mass is 35.5. The molecule has 0 aliphatic rings. The minimum absolute atomic E-state index is 0.571. The van der Waals surface area contributed by atoms with Gasteiger partial charge in [0.1, 0.15) is 5.65 Å². The molecular weight excluding hydrogens is 272 g/mol. The number of hydrogen-bond donors (Lipinski definition) is 1. The fourth-order valence-corrected chi connectivity index (χ4v) is 2.52. The first kappa shape index (κ1) is 13.2. The third-order valence-electron chi connectivity index (χ3n) is 3.37. The van der Waals surface area contributed by atoms with Crippen LogP contribution >= 0.6 is 11.6 Å². The van der Waals surface area contributed by atoms with Crippen molar-refractivity contribution in [1.82, 2.24) is 9.38 Å². The van der Waals surface area contributed by atoms with Gasteiger partial charge in [0, 0.05) is 11.8 Å². The van der Waals surface area contributed by atoms with E-state index in [1.54, 1.807) is 12.3 Å². The molecule has 3 aromatic rings. The Labute approximate surface area is 122 Å². The Balaban J connectivity index is 2.31. The second kappa shape index (κ2) is 5.27. The molecule has 0 bridgehead atoms. The van der Waals surface area contributed by atoms with Crippen molar-refractivity contribution in [2.75, 3.05) is 0 Å². The highest BCUT2D eigenvalue weighted by Gasteiger charge is 2.19. The standard InChI is InChI=1S/C16H15ClN2O/c1-2-13(20)16-15(11-6-4-3-5-7-11)18-14-9-8-12(17)10-19(14)16/h3-10,13,20H,2H2,1H3. The molecule has 0 spiro atoms. The SMILES string of the molecule is CCC(O)c1c(-c2ccccc2)nc2ccc(Cl)cn12. The van der Waals surface area contributed by atoms with Gasteiger partial charge in [0.25, 0.3) is 0 Å². The Morgan fingerprint density at radius 3 is 2.65 bits per heavy atom. The van der Waals surface area contributed by atoms with Gasteiger partial charge in [-0.15, -0.1) is 0 Å². The van der Waals surface area contributed by atoms with Gasteiger partial charge in [-0.05, 0) is 18.6 Å². The third kappa shape index (κ3) is 2.19. The van der Waals surface area contributed by atoms with E-state index >= 15 is 0 Å². The molecule has 0 fully saturated rings. The van der Waals surface area contributed by atoms with Crippen LogP contribution in [0.25, 0.3) is 16.9 Å². The summed E-state index contributed by atoms with van der Waals surface area (Å²) in [4.78, 5) is 4.64. The van der Waals surface area contributed by atoms with Gasteiger partial charge in [0.15, 0.2) is 0 Å². The maximum Gasteiger partial charge on any atom is 0.137 e. The molecule has 4 heteroatoms. The lowest BCUT2D eigenvalue weighted by atomic mass is 10.1. The van der Waals surface area contributed by atoms with Crippen molar-refractivity contribution in [3.8, 4) is 11.3 Å². The van der Waals surface area contributed by atoms with Crippen LogP contribution < -0.4 is 0 Å². The zero-order chi connectivity index (χ0) is 14.1. The first-order valence-electron chi connectivity index (χ1n) is 6.61. The number of hydrogen-bond acceptors (Lipinski definition) is 2. The van der Waals surface area contributed by atoms with Gasteiger partial charge in [-0.3, -0.25) is 4.40 Å². The fourth-order valence-electron chi connectivity index (χ4n) is 2.36. The molecule has 2 aromatic heterocycles. The second-order valence-electron chi connectivity index (χ2n) is 4.71. The van der Waals surface area contributed by atoms with Gasteiger partial charge in [-0.1, -0.05) is 48.9 Å². The van der Waals surface area contributed by atoms with Crippen LogP contribution in [0.5, 0.6) is 0 Å². The summed E-state index contributed by atoms with van der Waals surface area (Å²) in [5.41, 5.74) is 3.38. The lowest BCUT2D eigenvalue weighted by Gasteiger charge is -2.10. The van der Waals surface area contributed by atoms with Gasteiger partial charge in [-0.25, -0.2) is 4.98 Å². The molecule has 3 rings (SSSR count). The smallest absolute Gasteiger partial charge is 0.137 e. The molecule has 3 nitrogen and oxygen atoms in total. The number of pyridine rings is 1. The van der Waals surface area contributed by atoms with Crippen LogP contribution in [-0.4, -0.2) is 14.5 Å². The maximum atomic E-state index is 10.3. The lowest BCUT2D eigenvalue weighted by Crippen LogP contribution is -2.02. The number of imidazole rings is 1. The monoisotopic (exact) mass is 286 g/mol. The zero-order valence-electron chi connectivity index (χ0n) is 11.1. The van der Waals surface area contributed by atoms with E-state index in [2.05, 4.69) is 4.98 Å². The molecule has 0 radical (unpaired) electrons. The summed E-state index contributed by atoms with van der Waals surface area (Å²) in [5.74, 6) is 0. The quantitative estimate of drug-likeness (QED) is 0.787. The van der Waals surface area contributed by atoms with Crippen molar-refractivity contribution < 1.29 is 5.11 Å². The molecule has 20 heavy (non-hydrogen) atoms. The Kier molecular flexibility index (Phi) is 3.47. The van der Waals surface area contributed by atoms with Crippen molar-refractivity contribution in [3.05, 3.63) is 59.4 Å². The summed E-state index contributed by atoms with van der Waals surface area (Å²) in [7, 11) is 0. The molecule has 1 unspecified atom stereocenters. The number of aliphatic hydroxyl groups excluding tert-OH is 1. The number of rotatable bonds is 3. The number of nitrogens with zero attached hydrogens (tertiary/aromatic N) is 2. The number of aliphatic hydroxyl groups is 1. The van der Waals surface area contributed by atoms with E-state index in [9.17, 15) is 5.11 Å². The molecule has 2 heterocycles. The Morgan fingerprint density at radius 1 is 1.20 bits per heavy atom. The number of fused-ring (bicyclic) bond motifs is 1. The van der Waals surface area contributed by atoms with Gasteiger partial charge in [-0.2, -0.15) is 0 Å². The predicted molar refractivity (Wildman–Crippen MR) is 80.9 cm³/mol. The van der Waals surface area contributed by atoms with Gasteiger partial charge in [0.05, 0.1) is 22.5 Å². The largest absolute Gasteiger partial charge is 0.387 e. The van der Waals surface area contributed by atoms with Crippen LogP contribution in [0.2, 0.25) is 5.02 Å². The molecule has 1 atom stereocenters. The Hall–Kier alpha value is -1.84. The summed E-state index contributed by atoms with van der Waals surface area (Å²) >= 11 is 6.06. The molecule has 102 valence electrons. The Bertz CT molecular complexity index is 737. The highest BCUT2D eigenvalue weighted by molar-refractivity contribution is 6.30. The molecular formula is C16H15ClN2O. The highest BCUT2D eigenvalue weighted by Crippen LogP contribution is 2.31. The first-order valence-corrected chi connectivity index (χ1v) is 6.99. The minimum atomic E-state index is -0.571. The van der Waals surface area contributed by atoms with E-state index < -0.39 is 6.10 Å². The van der Waals surface area contributed by atoms with Gasteiger partial charge < -0.3 is 5.11 Å². The van der Waals surface area contributed by atoms with E-state index in [-0.39, 0.29) is 0 Å². The topological polar surface area (TPSA) is 37.5 Å². The molecule has 0 saturated heterocycles.